The number of aliphatic hydroxyl groups is 2. The van der Waals surface area contributed by atoms with Crippen molar-refractivity contribution in [3.8, 4) is 0 Å². The van der Waals surface area contributed by atoms with Crippen LogP contribution in [0.15, 0.2) is 46.0 Å². The van der Waals surface area contributed by atoms with E-state index < -0.39 is 0 Å². The molecule has 4 aliphatic rings. The molecule has 0 aliphatic heterocycles. The molecule has 3 fully saturated rings. The molecule has 2 N–H and O–H groups in total. The first-order chi connectivity index (χ1) is 13.8. The smallest absolute Gasteiger partial charge is 0.0809 e. The Hall–Kier alpha value is -0.900. The van der Waals surface area contributed by atoms with Crippen molar-refractivity contribution in [1.29, 1.82) is 0 Å². The summed E-state index contributed by atoms with van der Waals surface area (Å²) in [5.41, 5.74) is 4.18. The number of halogens is 1. The minimum Gasteiger partial charge on any atom is -0.393 e. The number of aliphatic hydroxyl groups excluding tert-OH is 2. The molecule has 0 unspecified atom stereocenters. The van der Waals surface area contributed by atoms with Crippen molar-refractivity contribution in [3.63, 3.8) is 0 Å². The molecule has 1 aromatic rings. The van der Waals surface area contributed by atoms with Crippen LogP contribution in [0.5, 0.6) is 0 Å². The molecule has 3 heteroatoms. The first kappa shape index (κ1) is 20.0. The highest BCUT2D eigenvalue weighted by atomic mass is 79.9. The van der Waals surface area contributed by atoms with Gasteiger partial charge in [0.15, 0.2) is 0 Å². The van der Waals surface area contributed by atoms with Crippen LogP contribution in [0.25, 0.3) is 6.08 Å². The van der Waals surface area contributed by atoms with Crippen LogP contribution < -0.4 is 0 Å². The number of fused-ring (bicyclic) bond motifs is 5. The van der Waals surface area contributed by atoms with Crippen LogP contribution in [0.3, 0.4) is 0 Å². The number of rotatable bonds is 1. The van der Waals surface area contributed by atoms with Crippen LogP contribution >= 0.6 is 15.9 Å². The molecule has 0 spiro atoms. The molecule has 0 radical (unpaired) electrons. The number of allylic oxidation sites excluding steroid dienone is 1. The number of hydrogen-bond acceptors (Lipinski definition) is 2. The molecule has 0 bridgehead atoms. The van der Waals surface area contributed by atoms with Crippen molar-refractivity contribution in [3.05, 3.63) is 51.5 Å². The third kappa shape index (κ3) is 3.11. The van der Waals surface area contributed by atoms with Crippen LogP contribution in [0.2, 0.25) is 0 Å². The summed E-state index contributed by atoms with van der Waals surface area (Å²) >= 11 is 3.51. The average Bonchev–Trinajstić information content (AvgIpc) is 2.95. The fourth-order valence-corrected chi connectivity index (χ4v) is 7.68. The fraction of sp³-hybridized carbons (Fsp3) is 0.615. The van der Waals surface area contributed by atoms with Crippen LogP contribution in [-0.2, 0) is 0 Å². The van der Waals surface area contributed by atoms with Crippen LogP contribution in [-0.4, -0.2) is 22.4 Å². The van der Waals surface area contributed by atoms with E-state index in [0.29, 0.717) is 17.8 Å². The highest BCUT2D eigenvalue weighted by Gasteiger charge is 2.59. The lowest BCUT2D eigenvalue weighted by Gasteiger charge is -2.57. The van der Waals surface area contributed by atoms with Gasteiger partial charge >= 0.3 is 0 Å². The normalized spacial score (nSPS) is 45.3. The molecule has 156 valence electrons. The molecule has 0 aromatic heterocycles. The SMILES string of the molecule is C[C@]12CC[C@H]3[C@@H](CC=C4C[C@H](O)CC[C@@]43C)[C@@H]1C/C(=C\c1ccc(Br)cc1)[C@H]2O. The van der Waals surface area contributed by atoms with Gasteiger partial charge in [-0.15, -0.1) is 0 Å². The third-order valence-corrected chi connectivity index (χ3v) is 9.70. The van der Waals surface area contributed by atoms with Gasteiger partial charge in [-0.3, -0.25) is 0 Å². The monoisotopic (exact) mass is 456 g/mol. The molecule has 2 nitrogen and oxygen atoms in total. The van der Waals surface area contributed by atoms with E-state index in [4.69, 9.17) is 0 Å². The van der Waals surface area contributed by atoms with Gasteiger partial charge in [-0.2, -0.15) is 0 Å². The van der Waals surface area contributed by atoms with E-state index in [1.807, 2.05) is 0 Å². The molecule has 5 rings (SSSR count). The molecule has 3 saturated carbocycles. The predicted octanol–water partition coefficient (Wildman–Crippen LogP) is 6.13. The molecule has 0 saturated heterocycles. The van der Waals surface area contributed by atoms with Crippen LogP contribution in [0.4, 0.5) is 0 Å². The highest BCUT2D eigenvalue weighted by molar-refractivity contribution is 9.10. The van der Waals surface area contributed by atoms with Crippen molar-refractivity contribution >= 4 is 22.0 Å². The van der Waals surface area contributed by atoms with Crippen molar-refractivity contribution in [2.75, 3.05) is 0 Å². The minimum absolute atomic E-state index is 0.00174. The second kappa shape index (κ2) is 7.07. The average molecular weight is 457 g/mol. The van der Waals surface area contributed by atoms with Gasteiger partial charge < -0.3 is 10.2 Å². The van der Waals surface area contributed by atoms with Gasteiger partial charge in [0.1, 0.15) is 0 Å². The lowest BCUT2D eigenvalue weighted by atomic mass is 9.48. The number of benzene rings is 1. The largest absolute Gasteiger partial charge is 0.393 e. The zero-order valence-electron chi connectivity index (χ0n) is 17.6. The summed E-state index contributed by atoms with van der Waals surface area (Å²) in [4.78, 5) is 0. The Morgan fingerprint density at radius 2 is 1.76 bits per heavy atom. The van der Waals surface area contributed by atoms with Gasteiger partial charge in [-0.05, 0) is 91.4 Å². The summed E-state index contributed by atoms with van der Waals surface area (Å²) in [6.45, 7) is 4.81. The van der Waals surface area contributed by atoms with E-state index in [1.165, 1.54) is 23.1 Å². The molecule has 29 heavy (non-hydrogen) atoms. The van der Waals surface area contributed by atoms with Crippen molar-refractivity contribution in [1.82, 2.24) is 0 Å². The van der Waals surface area contributed by atoms with Crippen LogP contribution in [0.1, 0.15) is 64.4 Å². The standard InChI is InChI=1S/C26H33BrO2/c1-25-11-9-20(28)15-18(25)5-8-21-22(25)10-12-26(2)23(21)14-17(24(26)29)13-16-3-6-19(27)7-4-16/h3-7,13,20-24,28-29H,8-12,14-15H2,1-2H3/b17-13+/t20-,21-,22+,23+,24-,25+,26+/m1/s1. The maximum atomic E-state index is 11.4. The van der Waals surface area contributed by atoms with Gasteiger partial charge in [-0.1, -0.05) is 59.6 Å². The molecule has 1 aromatic carbocycles. The zero-order valence-corrected chi connectivity index (χ0v) is 19.2. The third-order valence-electron chi connectivity index (χ3n) is 9.17. The Bertz CT molecular complexity index is 856. The van der Waals surface area contributed by atoms with E-state index in [0.717, 1.165) is 43.0 Å². The first-order valence-electron chi connectivity index (χ1n) is 11.3. The second-order valence-corrected chi connectivity index (χ2v) is 11.5. The molecule has 0 amide bonds. The summed E-state index contributed by atoms with van der Waals surface area (Å²) in [7, 11) is 0. The summed E-state index contributed by atoms with van der Waals surface area (Å²) in [6.07, 6.45) is 11.6. The maximum absolute atomic E-state index is 11.4. The molecule has 7 atom stereocenters. The van der Waals surface area contributed by atoms with Crippen molar-refractivity contribution < 1.29 is 10.2 Å². The Morgan fingerprint density at radius 3 is 2.52 bits per heavy atom. The summed E-state index contributed by atoms with van der Waals surface area (Å²) in [6, 6.07) is 8.40. The van der Waals surface area contributed by atoms with Gasteiger partial charge in [0.05, 0.1) is 12.2 Å². The Balaban J connectivity index is 1.46. The van der Waals surface area contributed by atoms with Crippen LogP contribution in [0, 0.1) is 28.6 Å². The topological polar surface area (TPSA) is 40.5 Å². The fourth-order valence-electron chi connectivity index (χ4n) is 7.41. The predicted molar refractivity (Wildman–Crippen MR) is 121 cm³/mol. The second-order valence-electron chi connectivity index (χ2n) is 10.6. The number of hydrogen-bond donors (Lipinski definition) is 2. The quantitative estimate of drug-likeness (QED) is 0.499. The summed E-state index contributed by atoms with van der Waals surface area (Å²) < 4.78 is 1.09. The van der Waals surface area contributed by atoms with Gasteiger partial charge in [0.2, 0.25) is 0 Å². The van der Waals surface area contributed by atoms with Gasteiger partial charge in [0.25, 0.3) is 0 Å². The summed E-state index contributed by atoms with van der Waals surface area (Å²) in [5, 5.41) is 21.5. The van der Waals surface area contributed by atoms with E-state index in [9.17, 15) is 10.2 Å². The lowest BCUT2D eigenvalue weighted by Crippen LogP contribution is -2.51. The molecule has 4 aliphatic carbocycles. The Morgan fingerprint density at radius 1 is 1.00 bits per heavy atom. The Labute approximate surface area is 183 Å². The van der Waals surface area contributed by atoms with E-state index in [2.05, 4.69) is 66.2 Å². The van der Waals surface area contributed by atoms with E-state index in [1.54, 1.807) is 0 Å². The first-order valence-corrected chi connectivity index (χ1v) is 12.1. The lowest BCUT2D eigenvalue weighted by molar-refractivity contribution is -0.0685. The molecular formula is C26H33BrO2. The van der Waals surface area contributed by atoms with Crippen molar-refractivity contribution in [2.45, 2.75) is 71.0 Å². The zero-order chi connectivity index (χ0) is 20.4. The highest BCUT2D eigenvalue weighted by Crippen LogP contribution is 2.65. The molecular weight excluding hydrogens is 424 g/mol. The van der Waals surface area contributed by atoms with Crippen molar-refractivity contribution in [2.24, 2.45) is 28.6 Å². The Kier molecular flexibility index (Phi) is 4.88. The van der Waals surface area contributed by atoms with Gasteiger partial charge in [0, 0.05) is 9.89 Å². The van der Waals surface area contributed by atoms with E-state index >= 15 is 0 Å². The molecule has 0 heterocycles. The maximum Gasteiger partial charge on any atom is 0.0809 e. The van der Waals surface area contributed by atoms with Gasteiger partial charge in [-0.25, -0.2) is 0 Å². The van der Waals surface area contributed by atoms with E-state index in [-0.39, 0.29) is 23.0 Å². The summed E-state index contributed by atoms with van der Waals surface area (Å²) in [5.74, 6) is 1.91. The minimum atomic E-state index is -0.330.